The van der Waals surface area contributed by atoms with Gasteiger partial charge in [-0.25, -0.2) is 4.98 Å². The Labute approximate surface area is 141 Å². The number of hydrogen-bond acceptors (Lipinski definition) is 5. The summed E-state index contributed by atoms with van der Waals surface area (Å²) >= 11 is 0. The Balaban J connectivity index is 1.86. The second-order valence-corrected chi connectivity index (χ2v) is 6.39. The molecule has 0 radical (unpaired) electrons. The molecular weight excluding hydrogens is 302 g/mol. The highest BCUT2D eigenvalue weighted by Gasteiger charge is 2.23. The van der Waals surface area contributed by atoms with Crippen molar-refractivity contribution >= 4 is 11.6 Å². The highest BCUT2D eigenvalue weighted by molar-refractivity contribution is 5.77. The van der Waals surface area contributed by atoms with Gasteiger partial charge in [-0.2, -0.15) is 14.6 Å². The zero-order valence-corrected chi connectivity index (χ0v) is 14.0. The maximum Gasteiger partial charge on any atom is 0.254 e. The summed E-state index contributed by atoms with van der Waals surface area (Å²) in [5.74, 6) is 3.24. The molecule has 0 bridgehead atoms. The number of hydrogen-bond donors (Lipinski definition) is 0. The van der Waals surface area contributed by atoms with Crippen LogP contribution in [-0.2, 0) is 0 Å². The van der Waals surface area contributed by atoms with Crippen molar-refractivity contribution in [2.45, 2.75) is 19.8 Å². The quantitative estimate of drug-likeness (QED) is 0.741. The molecule has 1 aliphatic heterocycles. The fraction of sp³-hybridized carbons (Fsp3) is 0.389. The van der Waals surface area contributed by atoms with E-state index in [-0.39, 0.29) is 0 Å². The summed E-state index contributed by atoms with van der Waals surface area (Å²) in [7, 11) is 1.68. The van der Waals surface area contributed by atoms with Crippen molar-refractivity contribution in [3.8, 4) is 16.9 Å². The predicted molar refractivity (Wildman–Crippen MR) is 93.4 cm³/mol. The van der Waals surface area contributed by atoms with E-state index in [0.29, 0.717) is 11.7 Å². The van der Waals surface area contributed by atoms with Gasteiger partial charge >= 0.3 is 0 Å². The zero-order chi connectivity index (χ0) is 16.5. The molecule has 0 saturated carbocycles. The second-order valence-electron chi connectivity index (χ2n) is 6.39. The Hall–Kier alpha value is -2.63. The number of piperidine rings is 1. The van der Waals surface area contributed by atoms with Crippen molar-refractivity contribution in [2.24, 2.45) is 5.92 Å². The summed E-state index contributed by atoms with van der Waals surface area (Å²) in [6, 6.07) is 8.08. The smallest absolute Gasteiger partial charge is 0.254 e. The molecule has 6 nitrogen and oxygen atoms in total. The third-order valence-electron chi connectivity index (χ3n) is 4.64. The van der Waals surface area contributed by atoms with Crippen molar-refractivity contribution in [3.63, 3.8) is 0 Å². The van der Waals surface area contributed by atoms with Gasteiger partial charge in [0.05, 0.1) is 7.11 Å². The van der Waals surface area contributed by atoms with E-state index in [0.717, 1.165) is 35.8 Å². The van der Waals surface area contributed by atoms with E-state index >= 15 is 0 Å². The van der Waals surface area contributed by atoms with Crippen molar-refractivity contribution < 1.29 is 4.74 Å². The fourth-order valence-corrected chi connectivity index (χ4v) is 3.43. The molecule has 3 heterocycles. The van der Waals surface area contributed by atoms with Gasteiger partial charge in [0.15, 0.2) is 0 Å². The lowest BCUT2D eigenvalue weighted by Gasteiger charge is -2.33. The molecule has 4 rings (SSSR count). The van der Waals surface area contributed by atoms with Gasteiger partial charge in [0.2, 0.25) is 0 Å². The number of benzene rings is 1. The van der Waals surface area contributed by atoms with Crippen LogP contribution in [0.25, 0.3) is 16.9 Å². The molecule has 24 heavy (non-hydrogen) atoms. The van der Waals surface area contributed by atoms with Gasteiger partial charge in [0.25, 0.3) is 5.78 Å². The van der Waals surface area contributed by atoms with Crippen molar-refractivity contribution in [2.75, 3.05) is 25.1 Å². The number of methoxy groups -OCH3 is 1. The predicted octanol–water partition coefficient (Wildman–Crippen LogP) is 3.04. The normalized spacial score (nSPS) is 18.1. The average molecular weight is 323 g/mol. The van der Waals surface area contributed by atoms with Crippen LogP contribution in [0.2, 0.25) is 0 Å². The molecule has 6 heteroatoms. The summed E-state index contributed by atoms with van der Waals surface area (Å²) in [6.07, 6.45) is 5.94. The Kier molecular flexibility index (Phi) is 3.80. The van der Waals surface area contributed by atoms with Crippen molar-refractivity contribution in [1.82, 2.24) is 19.6 Å². The minimum absolute atomic E-state index is 0.639. The van der Waals surface area contributed by atoms with Gasteiger partial charge in [0, 0.05) is 24.8 Å². The van der Waals surface area contributed by atoms with Gasteiger partial charge in [-0.3, -0.25) is 0 Å². The highest BCUT2D eigenvalue weighted by Crippen LogP contribution is 2.33. The van der Waals surface area contributed by atoms with Gasteiger partial charge in [0.1, 0.15) is 17.9 Å². The minimum Gasteiger partial charge on any atom is -0.497 e. The lowest BCUT2D eigenvalue weighted by atomic mass is 9.99. The largest absolute Gasteiger partial charge is 0.497 e. The minimum atomic E-state index is 0.639. The highest BCUT2D eigenvalue weighted by atomic mass is 16.5. The van der Waals surface area contributed by atoms with E-state index < -0.39 is 0 Å². The molecule has 0 spiro atoms. The molecule has 0 N–H and O–H groups in total. The molecule has 2 aromatic heterocycles. The van der Waals surface area contributed by atoms with Crippen LogP contribution in [0.4, 0.5) is 5.82 Å². The van der Waals surface area contributed by atoms with Crippen LogP contribution in [0.15, 0.2) is 36.8 Å². The molecule has 3 aromatic rings. The maximum absolute atomic E-state index is 5.27. The molecule has 0 unspecified atom stereocenters. The lowest BCUT2D eigenvalue weighted by molar-refractivity contribution is 0.415. The molecular formula is C18H21N5O. The molecule has 1 aromatic carbocycles. The number of nitrogens with zero attached hydrogens (tertiary/aromatic N) is 5. The Bertz CT molecular complexity index is 842. The number of rotatable bonds is 3. The lowest BCUT2D eigenvalue weighted by Crippen LogP contribution is -2.36. The first kappa shape index (κ1) is 14.9. The van der Waals surface area contributed by atoms with Crippen molar-refractivity contribution in [3.05, 3.63) is 36.8 Å². The molecule has 1 fully saturated rings. The summed E-state index contributed by atoms with van der Waals surface area (Å²) in [5.41, 5.74) is 2.18. The van der Waals surface area contributed by atoms with E-state index in [9.17, 15) is 0 Å². The third-order valence-corrected chi connectivity index (χ3v) is 4.64. The van der Waals surface area contributed by atoms with Crippen LogP contribution >= 0.6 is 0 Å². The van der Waals surface area contributed by atoms with E-state index in [1.54, 1.807) is 13.4 Å². The molecule has 124 valence electrons. The molecule has 1 atom stereocenters. The van der Waals surface area contributed by atoms with E-state index in [4.69, 9.17) is 4.74 Å². The maximum atomic E-state index is 5.27. The van der Waals surface area contributed by atoms with Crippen LogP contribution in [-0.4, -0.2) is 39.8 Å². The molecule has 0 amide bonds. The van der Waals surface area contributed by atoms with Crippen LogP contribution in [0, 0.1) is 5.92 Å². The summed E-state index contributed by atoms with van der Waals surface area (Å²) in [6.45, 7) is 4.37. The van der Waals surface area contributed by atoms with Crippen LogP contribution in [0.1, 0.15) is 19.8 Å². The monoisotopic (exact) mass is 323 g/mol. The topological polar surface area (TPSA) is 55.6 Å². The number of aromatic nitrogens is 4. The van der Waals surface area contributed by atoms with E-state index in [1.165, 1.54) is 12.8 Å². The van der Waals surface area contributed by atoms with Crippen molar-refractivity contribution in [1.29, 1.82) is 0 Å². The number of fused-ring (bicyclic) bond motifs is 1. The SMILES string of the molecule is COc1ccc(-c2cnc3ncnn3c2N2CCC[C@H](C)C2)cc1. The summed E-state index contributed by atoms with van der Waals surface area (Å²) in [4.78, 5) is 11.1. The zero-order valence-electron chi connectivity index (χ0n) is 14.0. The van der Waals surface area contributed by atoms with Crippen LogP contribution < -0.4 is 9.64 Å². The van der Waals surface area contributed by atoms with Gasteiger partial charge in [-0.1, -0.05) is 19.1 Å². The fourth-order valence-electron chi connectivity index (χ4n) is 3.43. The van der Waals surface area contributed by atoms with E-state index in [1.807, 2.05) is 22.8 Å². The Morgan fingerprint density at radius 1 is 1.17 bits per heavy atom. The van der Waals surface area contributed by atoms with Gasteiger partial charge in [-0.05, 0) is 36.5 Å². The first-order chi connectivity index (χ1) is 11.8. The average Bonchev–Trinajstić information content (AvgIpc) is 3.09. The Morgan fingerprint density at radius 2 is 2.00 bits per heavy atom. The van der Waals surface area contributed by atoms with Gasteiger partial charge in [-0.15, -0.1) is 0 Å². The third kappa shape index (κ3) is 2.58. The number of anilines is 1. The first-order valence-corrected chi connectivity index (χ1v) is 8.34. The Morgan fingerprint density at radius 3 is 2.75 bits per heavy atom. The van der Waals surface area contributed by atoms with Crippen LogP contribution in [0.5, 0.6) is 5.75 Å². The second kappa shape index (κ2) is 6.11. The molecule has 0 aliphatic carbocycles. The molecule has 1 aliphatic rings. The summed E-state index contributed by atoms with van der Waals surface area (Å²) in [5, 5.41) is 4.42. The summed E-state index contributed by atoms with van der Waals surface area (Å²) < 4.78 is 7.13. The van der Waals surface area contributed by atoms with E-state index in [2.05, 4.69) is 39.0 Å². The first-order valence-electron chi connectivity index (χ1n) is 8.34. The number of ether oxygens (including phenoxy) is 1. The van der Waals surface area contributed by atoms with Crippen LogP contribution in [0.3, 0.4) is 0 Å². The standard InChI is InChI=1S/C18H21N5O/c1-13-4-3-9-22(11-13)17-16(10-19-18-20-12-21-23(17)18)14-5-7-15(24-2)8-6-14/h5-8,10,12-13H,3-4,9,11H2,1-2H3/t13-/m0/s1. The van der Waals surface area contributed by atoms with Gasteiger partial charge < -0.3 is 9.64 Å². The molecule has 1 saturated heterocycles.